The molecule has 0 atom stereocenters. The summed E-state index contributed by atoms with van der Waals surface area (Å²) >= 11 is 2.87. The Bertz CT molecular complexity index is 913. The molecule has 0 aliphatic heterocycles. The minimum absolute atomic E-state index is 0. The van der Waals surface area contributed by atoms with Crippen LogP contribution in [0.2, 0.25) is 0 Å². The van der Waals surface area contributed by atoms with Gasteiger partial charge in [0.2, 0.25) is 11.8 Å². The second-order valence-electron chi connectivity index (χ2n) is 4.99. The van der Waals surface area contributed by atoms with E-state index in [0.29, 0.717) is 16.9 Å². The van der Waals surface area contributed by atoms with Gasteiger partial charge in [0.25, 0.3) is 0 Å². The monoisotopic (exact) mass is 644 g/mol. The van der Waals surface area contributed by atoms with Gasteiger partial charge in [-0.15, -0.1) is 11.3 Å². The number of anilines is 2. The van der Waals surface area contributed by atoms with E-state index in [0.717, 1.165) is 14.6 Å². The molecule has 0 saturated heterocycles. The van der Waals surface area contributed by atoms with Crippen molar-refractivity contribution in [2.75, 3.05) is 16.8 Å². The molecular weight excluding hydrogens is 625 g/mol. The van der Waals surface area contributed by atoms with Crippen molar-refractivity contribution in [3.05, 3.63) is 55.0 Å². The minimum atomic E-state index is -0.500. The van der Waals surface area contributed by atoms with E-state index in [1.54, 1.807) is 37.3 Å². The number of nitrogen functional groups attached to an aromatic ring is 1. The van der Waals surface area contributed by atoms with E-state index in [1.807, 2.05) is 12.1 Å². The van der Waals surface area contributed by atoms with Crippen molar-refractivity contribution in [2.24, 2.45) is 5.73 Å². The molecular formula is C18H19FmN4O2S2-. The standard InChI is InChI=1S/C16H14N4O2S2.C2H5.Fm/c17-10-3-6-12-13(7-10)24-16(20-12)23-8-14(21)19-11-4-1-9(2-5-11)15(18)22;1-2;/h1-7H,8,17H2,(H2,18,22)(H,19,21);1H2,2H3;/q;-1;. The molecule has 0 fully saturated rings. The zero-order chi connectivity index (χ0) is 19.1. The number of carbonyl (C=O) groups excluding carboxylic acids is 2. The largest absolute Gasteiger partial charge is 0.399 e. The number of benzene rings is 2. The van der Waals surface area contributed by atoms with Crippen LogP contribution in [0.1, 0.15) is 17.3 Å². The first kappa shape index (κ1) is 21.5. The first-order valence-corrected chi connectivity index (χ1v) is 9.51. The van der Waals surface area contributed by atoms with Crippen LogP contribution in [0.5, 0.6) is 0 Å². The van der Waals surface area contributed by atoms with Crippen LogP contribution in [-0.2, 0) is 4.79 Å². The van der Waals surface area contributed by atoms with Crippen molar-refractivity contribution in [3.8, 4) is 0 Å². The summed E-state index contributed by atoms with van der Waals surface area (Å²) in [6.45, 7) is 5.00. The SMILES string of the molecule is NC(=O)c1ccc(NC(=O)CSc2nc3ccc(N)cc3s2)cc1.[CH2-]C.[Fm]. The Morgan fingerprint density at radius 2 is 1.85 bits per heavy atom. The number of nitrogens with one attached hydrogen (secondary N) is 1. The fourth-order valence-corrected chi connectivity index (χ4v) is 3.94. The van der Waals surface area contributed by atoms with Gasteiger partial charge in [0, 0.05) is 16.9 Å². The van der Waals surface area contributed by atoms with E-state index in [-0.39, 0.29) is 11.7 Å². The summed E-state index contributed by atoms with van der Waals surface area (Å²) in [7, 11) is 0. The Morgan fingerprint density at radius 3 is 2.48 bits per heavy atom. The molecule has 27 heavy (non-hydrogen) atoms. The number of thioether (sulfide) groups is 1. The molecule has 0 aliphatic carbocycles. The Balaban J connectivity index is 0.00000118. The van der Waals surface area contributed by atoms with Gasteiger partial charge in [-0.2, -0.15) is 6.92 Å². The summed E-state index contributed by atoms with van der Waals surface area (Å²) < 4.78 is 1.81. The molecule has 1 heterocycles. The summed E-state index contributed by atoms with van der Waals surface area (Å²) in [5.41, 5.74) is 13.5. The first-order chi connectivity index (χ1) is 12.5. The molecule has 0 bridgehead atoms. The van der Waals surface area contributed by atoms with Crippen molar-refractivity contribution >= 4 is 56.5 Å². The van der Waals surface area contributed by atoms with Crippen LogP contribution < -0.4 is 16.8 Å². The number of hydrogen-bond donors (Lipinski definition) is 3. The van der Waals surface area contributed by atoms with Crippen LogP contribution in [-0.4, -0.2) is 22.6 Å². The van der Waals surface area contributed by atoms with Gasteiger partial charge < -0.3 is 23.7 Å². The van der Waals surface area contributed by atoms with Crippen LogP contribution in [0, 0.1) is 6.92 Å². The number of primary amides is 1. The van der Waals surface area contributed by atoms with Crippen LogP contribution >= 0.6 is 23.1 Å². The van der Waals surface area contributed by atoms with Crippen LogP contribution in [0.15, 0.2) is 46.8 Å². The van der Waals surface area contributed by atoms with Gasteiger partial charge in [-0.25, -0.2) is 4.98 Å². The van der Waals surface area contributed by atoms with Crippen LogP contribution in [0.25, 0.3) is 10.2 Å². The summed E-state index contributed by atoms with van der Waals surface area (Å²) in [4.78, 5) is 27.5. The summed E-state index contributed by atoms with van der Waals surface area (Å²) in [6.07, 6.45) is 0. The van der Waals surface area contributed by atoms with Crippen LogP contribution in [0.4, 0.5) is 11.4 Å². The first-order valence-electron chi connectivity index (χ1n) is 7.70. The van der Waals surface area contributed by atoms with Gasteiger partial charge in [0.05, 0.1) is 16.0 Å². The number of nitrogens with zero attached hydrogens (tertiary/aromatic N) is 1. The number of carbonyl (C=O) groups is 2. The Kier molecular flexibility index (Phi) is 7.78. The molecule has 5 N–H and O–H groups in total. The van der Waals surface area contributed by atoms with Gasteiger partial charge in [0.1, 0.15) is 0 Å². The summed E-state index contributed by atoms with van der Waals surface area (Å²) in [5.74, 6) is -0.405. The number of nitrogens with two attached hydrogens (primary N) is 2. The average molecular weight is 645 g/mol. The fourth-order valence-electron chi connectivity index (χ4n) is 2.02. The van der Waals surface area contributed by atoms with E-state index < -0.39 is 5.91 Å². The maximum Gasteiger partial charge on any atom is 0.248 e. The number of aromatic nitrogens is 1. The number of rotatable bonds is 5. The van der Waals surface area contributed by atoms with Crippen molar-refractivity contribution < 1.29 is 9.59 Å². The molecule has 3 rings (SSSR count). The summed E-state index contributed by atoms with van der Waals surface area (Å²) in [5, 5.41) is 2.77. The molecule has 2 amide bonds. The molecule has 1 aromatic heterocycles. The predicted molar refractivity (Wildman–Crippen MR) is 109 cm³/mol. The fraction of sp³-hybridized carbons (Fsp3) is 0.111. The van der Waals surface area contributed by atoms with Gasteiger partial charge in [-0.3, -0.25) is 9.59 Å². The molecule has 0 spiro atoms. The predicted octanol–water partition coefficient (Wildman–Crippen LogP) is 3.55. The van der Waals surface area contributed by atoms with Gasteiger partial charge in [-0.1, -0.05) is 11.8 Å². The zero-order valence-electron chi connectivity index (χ0n) is 14.5. The Labute approximate surface area is 160 Å². The number of thiazole rings is 1. The van der Waals surface area contributed by atoms with E-state index in [2.05, 4.69) is 17.2 Å². The van der Waals surface area contributed by atoms with Gasteiger partial charge >= 0.3 is 0 Å². The molecule has 148 valence electrons. The minimum Gasteiger partial charge on any atom is -0.399 e. The smallest absolute Gasteiger partial charge is 0.248 e. The van der Waals surface area contributed by atoms with E-state index in [4.69, 9.17) is 11.5 Å². The summed E-state index contributed by atoms with van der Waals surface area (Å²) in [6, 6.07) is 12.0. The Morgan fingerprint density at radius 1 is 1.19 bits per heavy atom. The van der Waals surface area contributed by atoms with E-state index >= 15 is 0 Å². The van der Waals surface area contributed by atoms with Gasteiger partial charge in [-0.05, 0) is 42.5 Å². The Hall–Kier alpha value is -3.58. The zero-order valence-corrected chi connectivity index (χ0v) is 18.5. The van der Waals surface area contributed by atoms with Crippen molar-refractivity contribution in [3.63, 3.8) is 0 Å². The maximum absolute atomic E-state index is 12.0. The topological polar surface area (TPSA) is 111 Å². The third-order valence-electron chi connectivity index (χ3n) is 3.17. The molecule has 0 radical (unpaired) electrons. The second kappa shape index (κ2) is 9.79. The van der Waals surface area contributed by atoms with Gasteiger partial charge in [0.15, 0.2) is 4.34 Å². The molecule has 2 aromatic carbocycles. The maximum atomic E-state index is 12.0. The van der Waals surface area contributed by atoms with Crippen molar-refractivity contribution in [1.29, 1.82) is 0 Å². The third-order valence-corrected chi connectivity index (χ3v) is 5.33. The quantitative estimate of drug-likeness (QED) is 0.224. The molecule has 9 heteroatoms. The average Bonchev–Trinajstić information content (AvgIpc) is 3.04. The molecule has 0 saturated carbocycles. The van der Waals surface area contributed by atoms with Crippen LogP contribution in [0.3, 0.4) is 0 Å². The molecule has 3 aromatic rings. The number of amides is 2. The third kappa shape index (κ3) is 5.72. The number of hydrogen-bond acceptors (Lipinski definition) is 6. The van der Waals surface area contributed by atoms with E-state index in [9.17, 15) is 9.59 Å². The normalized spacial score (nSPS) is 9.70. The second-order valence-corrected chi connectivity index (χ2v) is 7.24. The van der Waals surface area contributed by atoms with Crippen molar-refractivity contribution in [1.82, 2.24) is 4.98 Å². The number of fused-ring (bicyclic) bond motifs is 1. The van der Waals surface area contributed by atoms with E-state index in [1.165, 1.54) is 23.1 Å². The molecule has 6 nitrogen and oxygen atoms in total. The molecule has 0 aliphatic rings. The van der Waals surface area contributed by atoms with Crippen molar-refractivity contribution in [2.45, 2.75) is 11.3 Å². The molecule has 0 unspecified atom stereocenters.